The number of nitrogens with zero attached hydrogens (tertiary/aromatic N) is 2. The Kier molecular flexibility index (Phi) is 4.66. The molecule has 0 unspecified atom stereocenters. The van der Waals surface area contributed by atoms with Crippen LogP contribution in [0, 0.1) is 11.3 Å². The van der Waals surface area contributed by atoms with Crippen molar-refractivity contribution in [2.45, 2.75) is 0 Å². The summed E-state index contributed by atoms with van der Waals surface area (Å²) in [6.45, 7) is 0. The Hall–Kier alpha value is -3.12. The SMILES string of the molecule is N#CC(=Cc1ccco1)c1nc(-c2ccc(-c3ccccc3)cc2)c[se]1. The molecular weight excluding hydrogens is 387 g/mol. The molecule has 124 valence electrons. The van der Waals surface area contributed by atoms with Crippen LogP contribution in [0.2, 0.25) is 0 Å². The van der Waals surface area contributed by atoms with Gasteiger partial charge in [-0.2, -0.15) is 0 Å². The van der Waals surface area contributed by atoms with E-state index in [9.17, 15) is 5.26 Å². The predicted molar refractivity (Wildman–Crippen MR) is 104 cm³/mol. The molecule has 3 nitrogen and oxygen atoms in total. The normalized spacial score (nSPS) is 11.3. The van der Waals surface area contributed by atoms with Gasteiger partial charge < -0.3 is 0 Å². The van der Waals surface area contributed by atoms with Crippen LogP contribution < -0.4 is 0 Å². The Bertz CT molecular complexity index is 1070. The molecule has 0 aliphatic heterocycles. The molecule has 2 heterocycles. The first-order valence-corrected chi connectivity index (χ1v) is 9.95. The van der Waals surface area contributed by atoms with E-state index in [1.165, 1.54) is 11.1 Å². The average molecular weight is 401 g/mol. The number of benzene rings is 2. The van der Waals surface area contributed by atoms with Gasteiger partial charge in [0.05, 0.1) is 0 Å². The Morgan fingerprint density at radius 2 is 1.65 bits per heavy atom. The molecule has 0 saturated carbocycles. The number of furan rings is 1. The number of rotatable bonds is 4. The van der Waals surface area contributed by atoms with Gasteiger partial charge in [-0.3, -0.25) is 0 Å². The van der Waals surface area contributed by atoms with E-state index < -0.39 is 0 Å². The van der Waals surface area contributed by atoms with Crippen LogP contribution in [-0.2, 0) is 0 Å². The van der Waals surface area contributed by atoms with Crippen molar-refractivity contribution >= 4 is 26.2 Å². The van der Waals surface area contributed by atoms with Crippen molar-refractivity contribution in [2.24, 2.45) is 0 Å². The number of hydrogen-bond acceptors (Lipinski definition) is 3. The van der Waals surface area contributed by atoms with Crippen LogP contribution in [0.4, 0.5) is 0 Å². The molecule has 2 aromatic carbocycles. The second-order valence-electron chi connectivity index (χ2n) is 5.67. The molecule has 4 heteroatoms. The fraction of sp³-hybridized carbons (Fsp3) is 0. The van der Waals surface area contributed by atoms with Crippen molar-refractivity contribution in [3.8, 4) is 28.5 Å². The van der Waals surface area contributed by atoms with E-state index >= 15 is 0 Å². The monoisotopic (exact) mass is 402 g/mol. The quantitative estimate of drug-likeness (QED) is 0.352. The minimum absolute atomic E-state index is 0.0432. The molecule has 0 N–H and O–H groups in total. The zero-order valence-electron chi connectivity index (χ0n) is 13.8. The second kappa shape index (κ2) is 7.41. The van der Waals surface area contributed by atoms with Gasteiger partial charge in [-0.25, -0.2) is 0 Å². The molecule has 2 aromatic heterocycles. The van der Waals surface area contributed by atoms with Crippen LogP contribution in [-0.4, -0.2) is 19.5 Å². The molecule has 4 aromatic rings. The third-order valence-electron chi connectivity index (χ3n) is 3.97. The maximum atomic E-state index is 9.45. The first kappa shape index (κ1) is 16.4. The Morgan fingerprint density at radius 3 is 2.35 bits per heavy atom. The molecule has 4 rings (SSSR count). The molecule has 0 fully saturated rings. The van der Waals surface area contributed by atoms with Gasteiger partial charge in [0.1, 0.15) is 0 Å². The molecule has 26 heavy (non-hydrogen) atoms. The fourth-order valence-corrected chi connectivity index (χ4v) is 4.32. The molecule has 0 atom stereocenters. The van der Waals surface area contributed by atoms with Gasteiger partial charge in [-0.15, -0.1) is 0 Å². The van der Waals surface area contributed by atoms with E-state index in [1.807, 2.05) is 24.3 Å². The summed E-state index contributed by atoms with van der Waals surface area (Å²) < 4.78 is 6.13. The number of hydrogen-bond donors (Lipinski definition) is 0. The Balaban J connectivity index is 1.61. The molecule has 0 bridgehead atoms. The second-order valence-corrected chi connectivity index (χ2v) is 7.47. The molecule has 0 radical (unpaired) electrons. The molecule has 0 aliphatic rings. The van der Waals surface area contributed by atoms with Crippen molar-refractivity contribution in [1.29, 1.82) is 5.26 Å². The molecule has 0 saturated heterocycles. The zero-order valence-corrected chi connectivity index (χ0v) is 15.5. The summed E-state index contributed by atoms with van der Waals surface area (Å²) >= 11 is 0.0432. The third kappa shape index (κ3) is 3.45. The summed E-state index contributed by atoms with van der Waals surface area (Å²) in [6.07, 6.45) is 3.34. The maximum absolute atomic E-state index is 9.45. The summed E-state index contributed by atoms with van der Waals surface area (Å²) in [5.74, 6) is 0.667. The van der Waals surface area contributed by atoms with Crippen LogP contribution >= 0.6 is 0 Å². The first-order valence-electron chi connectivity index (χ1n) is 8.10. The molecule has 0 spiro atoms. The van der Waals surface area contributed by atoms with E-state index in [-0.39, 0.29) is 14.5 Å². The third-order valence-corrected chi connectivity index (χ3v) is 5.81. The van der Waals surface area contributed by atoms with Crippen molar-refractivity contribution in [3.63, 3.8) is 0 Å². The Morgan fingerprint density at radius 1 is 0.923 bits per heavy atom. The molecule has 0 amide bonds. The van der Waals surface area contributed by atoms with Gasteiger partial charge in [0.25, 0.3) is 0 Å². The van der Waals surface area contributed by atoms with Crippen LogP contribution in [0.1, 0.15) is 10.3 Å². The van der Waals surface area contributed by atoms with Crippen LogP contribution in [0.25, 0.3) is 34.0 Å². The van der Waals surface area contributed by atoms with E-state index in [0.29, 0.717) is 11.3 Å². The minimum atomic E-state index is 0.0432. The molecular formula is C22H14N2OSe. The van der Waals surface area contributed by atoms with Gasteiger partial charge in [0.15, 0.2) is 0 Å². The van der Waals surface area contributed by atoms with E-state index in [2.05, 4.69) is 52.4 Å². The fourth-order valence-electron chi connectivity index (χ4n) is 2.65. The topological polar surface area (TPSA) is 49.8 Å². The molecule has 0 aliphatic carbocycles. The van der Waals surface area contributed by atoms with Crippen LogP contribution in [0.3, 0.4) is 0 Å². The predicted octanol–water partition coefficient (Wildman–Crippen LogP) is 5.13. The summed E-state index contributed by atoms with van der Waals surface area (Å²) in [5, 5.41) is 9.45. The van der Waals surface area contributed by atoms with Gasteiger partial charge in [0, 0.05) is 0 Å². The van der Waals surface area contributed by atoms with Crippen LogP contribution in [0.5, 0.6) is 0 Å². The number of allylic oxidation sites excluding steroid dienone is 1. The Labute approximate surface area is 157 Å². The number of nitriles is 1. The van der Waals surface area contributed by atoms with Gasteiger partial charge >= 0.3 is 158 Å². The van der Waals surface area contributed by atoms with Crippen molar-refractivity contribution in [1.82, 2.24) is 4.98 Å². The van der Waals surface area contributed by atoms with Crippen molar-refractivity contribution in [3.05, 3.63) is 88.3 Å². The summed E-state index contributed by atoms with van der Waals surface area (Å²) in [5.41, 5.74) is 4.93. The first-order chi connectivity index (χ1) is 12.8. The van der Waals surface area contributed by atoms with Gasteiger partial charge in [-0.1, -0.05) is 0 Å². The van der Waals surface area contributed by atoms with Crippen LogP contribution in [0.15, 0.2) is 82.4 Å². The van der Waals surface area contributed by atoms with E-state index in [0.717, 1.165) is 15.8 Å². The zero-order chi connectivity index (χ0) is 17.8. The van der Waals surface area contributed by atoms with Gasteiger partial charge in [-0.05, 0) is 0 Å². The standard InChI is InChI=1S/C22H14N2OSe/c23-14-19(13-20-7-4-12-25-20)22-24-21(15-26-22)18-10-8-17(9-11-18)16-5-2-1-3-6-16/h1-13,15H. The summed E-state index contributed by atoms with van der Waals surface area (Å²) in [6, 6.07) is 24.5. The van der Waals surface area contributed by atoms with E-state index in [1.54, 1.807) is 18.4 Å². The summed E-state index contributed by atoms with van der Waals surface area (Å²) in [4.78, 5) is 6.80. The van der Waals surface area contributed by atoms with Crippen molar-refractivity contribution < 1.29 is 4.42 Å². The van der Waals surface area contributed by atoms with E-state index in [4.69, 9.17) is 4.42 Å². The van der Waals surface area contributed by atoms with Gasteiger partial charge in [0.2, 0.25) is 0 Å². The summed E-state index contributed by atoms with van der Waals surface area (Å²) in [7, 11) is 0. The van der Waals surface area contributed by atoms with Crippen molar-refractivity contribution in [2.75, 3.05) is 0 Å². The average Bonchev–Trinajstić information content (AvgIpc) is 3.39. The number of aromatic nitrogens is 1.